The number of rotatable bonds is 7. The number of nitrogens with zero attached hydrogens (tertiary/aromatic N) is 2. The van der Waals surface area contributed by atoms with Crippen molar-refractivity contribution < 1.29 is 28.7 Å². The third kappa shape index (κ3) is 4.86. The van der Waals surface area contributed by atoms with Crippen molar-refractivity contribution in [3.8, 4) is 34.1 Å². The quantitative estimate of drug-likeness (QED) is 0.244. The van der Waals surface area contributed by atoms with Crippen molar-refractivity contribution in [2.75, 3.05) is 9.80 Å². The van der Waals surface area contributed by atoms with Gasteiger partial charge < -0.3 is 9.47 Å². The van der Waals surface area contributed by atoms with E-state index in [2.05, 4.69) is 0 Å². The lowest BCUT2D eigenvalue weighted by molar-refractivity contribution is -0.121. The van der Waals surface area contributed by atoms with E-state index in [1.807, 2.05) is 50.2 Å². The van der Waals surface area contributed by atoms with Crippen molar-refractivity contribution in [2.45, 2.75) is 13.8 Å². The zero-order valence-corrected chi connectivity index (χ0v) is 22.7. The molecule has 0 aromatic heterocycles. The van der Waals surface area contributed by atoms with Crippen LogP contribution in [0.1, 0.15) is 11.1 Å². The third-order valence-corrected chi connectivity index (χ3v) is 7.06. The molecule has 0 saturated carbocycles. The monoisotopic (exact) mass is 556 g/mol. The van der Waals surface area contributed by atoms with Gasteiger partial charge in [0.1, 0.15) is 11.5 Å². The molecule has 0 radical (unpaired) electrons. The van der Waals surface area contributed by atoms with Crippen LogP contribution in [0.2, 0.25) is 0 Å². The van der Waals surface area contributed by atoms with Crippen LogP contribution in [0.15, 0.2) is 109 Å². The van der Waals surface area contributed by atoms with E-state index in [4.69, 9.17) is 9.47 Å². The van der Waals surface area contributed by atoms with Crippen molar-refractivity contribution in [1.29, 1.82) is 0 Å². The Labute approximate surface area is 241 Å². The van der Waals surface area contributed by atoms with Crippen molar-refractivity contribution in [1.82, 2.24) is 0 Å². The van der Waals surface area contributed by atoms with Crippen LogP contribution in [-0.4, -0.2) is 23.6 Å². The summed E-state index contributed by atoms with van der Waals surface area (Å²) in [7, 11) is 0. The minimum Gasteiger partial charge on any atom is -0.453 e. The number of aryl methyl sites for hydroxylation is 1. The fraction of sp³-hybridized carbons (Fsp3) is 0.0588. The fourth-order valence-electron chi connectivity index (χ4n) is 4.92. The molecule has 0 aliphatic carbocycles. The molecule has 4 aromatic rings. The van der Waals surface area contributed by atoms with E-state index < -0.39 is 23.6 Å². The first-order valence-electron chi connectivity index (χ1n) is 13.2. The molecule has 0 N–H and O–H groups in total. The average Bonchev–Trinajstić information content (AvgIpc) is 3.51. The summed E-state index contributed by atoms with van der Waals surface area (Å²) in [5.74, 6) is 0.309. The number of imide groups is 2. The summed E-state index contributed by atoms with van der Waals surface area (Å²) in [5.41, 5.74) is 4.85. The number of anilines is 2. The minimum atomic E-state index is -0.396. The molecule has 2 heterocycles. The van der Waals surface area contributed by atoms with Gasteiger partial charge in [-0.05, 0) is 85.1 Å². The lowest BCUT2D eigenvalue weighted by Gasteiger charge is -2.19. The minimum absolute atomic E-state index is 0.396. The molecule has 0 bridgehead atoms. The second-order valence-electron chi connectivity index (χ2n) is 9.76. The fourth-order valence-corrected chi connectivity index (χ4v) is 4.92. The van der Waals surface area contributed by atoms with Crippen LogP contribution >= 0.6 is 0 Å². The molecule has 6 rings (SSSR count). The highest BCUT2D eigenvalue weighted by Crippen LogP contribution is 2.43. The predicted molar refractivity (Wildman–Crippen MR) is 158 cm³/mol. The van der Waals surface area contributed by atoms with Gasteiger partial charge in [0.05, 0.1) is 11.4 Å². The van der Waals surface area contributed by atoms with Gasteiger partial charge in [-0.2, -0.15) is 0 Å². The van der Waals surface area contributed by atoms with Gasteiger partial charge in [0.25, 0.3) is 23.6 Å². The molecule has 0 saturated heterocycles. The lowest BCUT2D eigenvalue weighted by atomic mass is 9.96. The molecule has 206 valence electrons. The molecule has 2 aliphatic rings. The number of hydrogen-bond acceptors (Lipinski definition) is 6. The summed E-state index contributed by atoms with van der Waals surface area (Å²) in [6, 6.07) is 25.2. The van der Waals surface area contributed by atoms with Gasteiger partial charge in [-0.3, -0.25) is 19.2 Å². The number of amides is 4. The molecular formula is C34H24N2O6. The van der Waals surface area contributed by atoms with Crippen LogP contribution in [0.3, 0.4) is 0 Å². The van der Waals surface area contributed by atoms with Crippen molar-refractivity contribution in [3.05, 3.63) is 120 Å². The molecule has 4 aromatic carbocycles. The maximum absolute atomic E-state index is 12.1. The number of ether oxygens (including phenoxy) is 2. The first-order chi connectivity index (χ1) is 20.3. The van der Waals surface area contributed by atoms with E-state index >= 15 is 0 Å². The Hall–Kier alpha value is -5.76. The Morgan fingerprint density at radius 1 is 0.500 bits per heavy atom. The van der Waals surface area contributed by atoms with Crippen molar-refractivity contribution in [3.63, 3.8) is 0 Å². The molecule has 2 aliphatic heterocycles. The highest BCUT2D eigenvalue weighted by molar-refractivity contribution is 6.28. The Kier molecular flexibility index (Phi) is 6.72. The van der Waals surface area contributed by atoms with Gasteiger partial charge in [0, 0.05) is 29.9 Å². The second-order valence-corrected chi connectivity index (χ2v) is 9.76. The number of carbonyl (C=O) groups is 4. The van der Waals surface area contributed by atoms with E-state index in [-0.39, 0.29) is 0 Å². The Balaban J connectivity index is 1.33. The Bertz CT molecular complexity index is 1780. The standard InChI is InChI=1S/C34H24N2O6/c1-21-5-3-4-6-27(21)28-15-16-29(41-25-11-7-23(8-12-25)35-30(37)17-18-31(35)38)34(22(28)2)42-26-13-9-24(10-14-26)36-32(39)19-20-33(36)40/h3-20H,1-2H3. The smallest absolute Gasteiger partial charge is 0.258 e. The van der Waals surface area contributed by atoms with Crippen molar-refractivity contribution >= 4 is 35.0 Å². The molecule has 4 amide bonds. The first kappa shape index (κ1) is 26.5. The van der Waals surface area contributed by atoms with E-state index in [0.29, 0.717) is 34.4 Å². The van der Waals surface area contributed by atoms with Crippen LogP contribution in [0.4, 0.5) is 11.4 Å². The predicted octanol–water partition coefficient (Wildman–Crippen LogP) is 6.41. The topological polar surface area (TPSA) is 93.2 Å². The summed E-state index contributed by atoms with van der Waals surface area (Å²) in [6.45, 7) is 3.99. The highest BCUT2D eigenvalue weighted by atomic mass is 16.5. The number of benzene rings is 4. The molecule has 8 nitrogen and oxygen atoms in total. The normalized spacial score (nSPS) is 14.3. The van der Waals surface area contributed by atoms with Gasteiger partial charge in [-0.25, -0.2) is 9.80 Å². The van der Waals surface area contributed by atoms with E-state index in [0.717, 1.165) is 32.1 Å². The van der Waals surface area contributed by atoms with Crippen LogP contribution in [0.25, 0.3) is 11.1 Å². The van der Waals surface area contributed by atoms with E-state index in [1.165, 1.54) is 24.3 Å². The number of carbonyl (C=O) groups excluding carboxylic acids is 4. The Morgan fingerprint density at radius 3 is 1.48 bits per heavy atom. The molecular weight excluding hydrogens is 532 g/mol. The maximum Gasteiger partial charge on any atom is 0.258 e. The van der Waals surface area contributed by atoms with Gasteiger partial charge in [0.15, 0.2) is 11.5 Å². The zero-order chi connectivity index (χ0) is 29.4. The average molecular weight is 557 g/mol. The summed E-state index contributed by atoms with van der Waals surface area (Å²) >= 11 is 0. The third-order valence-electron chi connectivity index (χ3n) is 7.06. The van der Waals surface area contributed by atoms with Crippen molar-refractivity contribution in [2.24, 2.45) is 0 Å². The first-order valence-corrected chi connectivity index (χ1v) is 13.2. The summed E-state index contributed by atoms with van der Waals surface area (Å²) in [4.78, 5) is 50.4. The maximum atomic E-state index is 12.1. The summed E-state index contributed by atoms with van der Waals surface area (Å²) in [6.07, 6.45) is 4.95. The van der Waals surface area contributed by atoms with E-state index in [9.17, 15) is 19.2 Å². The molecule has 0 atom stereocenters. The van der Waals surface area contributed by atoms with Gasteiger partial charge in [-0.15, -0.1) is 0 Å². The van der Waals surface area contributed by atoms with Gasteiger partial charge >= 0.3 is 0 Å². The number of hydrogen-bond donors (Lipinski definition) is 0. The molecule has 0 unspecified atom stereocenters. The second kappa shape index (κ2) is 10.7. The highest BCUT2D eigenvalue weighted by Gasteiger charge is 2.26. The summed E-state index contributed by atoms with van der Waals surface area (Å²) < 4.78 is 12.6. The molecule has 0 spiro atoms. The zero-order valence-electron chi connectivity index (χ0n) is 22.7. The summed E-state index contributed by atoms with van der Waals surface area (Å²) in [5, 5.41) is 0. The van der Waals surface area contributed by atoms with Gasteiger partial charge in [-0.1, -0.05) is 30.3 Å². The SMILES string of the molecule is Cc1ccccc1-c1ccc(Oc2ccc(N3C(=O)C=CC3=O)cc2)c(Oc2ccc(N3C(=O)C=CC3=O)cc2)c1C. The lowest BCUT2D eigenvalue weighted by Crippen LogP contribution is -2.29. The van der Waals surface area contributed by atoms with Crippen LogP contribution in [-0.2, 0) is 19.2 Å². The largest absolute Gasteiger partial charge is 0.453 e. The molecule has 8 heteroatoms. The molecule has 42 heavy (non-hydrogen) atoms. The van der Waals surface area contributed by atoms with Crippen LogP contribution < -0.4 is 19.3 Å². The van der Waals surface area contributed by atoms with Gasteiger partial charge in [0.2, 0.25) is 0 Å². The molecule has 0 fully saturated rings. The Morgan fingerprint density at radius 2 is 0.976 bits per heavy atom. The van der Waals surface area contributed by atoms with E-state index in [1.54, 1.807) is 48.5 Å². The van der Waals surface area contributed by atoms with Crippen LogP contribution in [0, 0.1) is 13.8 Å². The van der Waals surface area contributed by atoms with Crippen LogP contribution in [0.5, 0.6) is 23.0 Å².